The first-order valence-corrected chi connectivity index (χ1v) is 6.83. The van der Waals surface area contributed by atoms with Crippen molar-refractivity contribution in [3.63, 3.8) is 0 Å². The highest BCUT2D eigenvalue weighted by molar-refractivity contribution is 6.02. The van der Waals surface area contributed by atoms with E-state index in [4.69, 9.17) is 9.47 Å². The average Bonchev–Trinajstić information content (AvgIpc) is 2.60. The van der Waals surface area contributed by atoms with E-state index in [2.05, 4.69) is 20.5 Å². The lowest BCUT2D eigenvalue weighted by atomic mass is 10.3. The molecule has 3 rings (SSSR count). The number of benzene rings is 2. The Morgan fingerprint density at radius 2 is 1.74 bits per heavy atom. The first-order valence-electron chi connectivity index (χ1n) is 6.83. The maximum Gasteiger partial charge on any atom is 0.295 e. The summed E-state index contributed by atoms with van der Waals surface area (Å²) in [5.74, 6) is 0.811. The monoisotopic (exact) mass is 310 g/mol. The van der Waals surface area contributed by atoms with Gasteiger partial charge in [0.05, 0.1) is 19.7 Å². The van der Waals surface area contributed by atoms with Crippen LogP contribution >= 0.6 is 0 Å². The van der Waals surface area contributed by atoms with Gasteiger partial charge >= 0.3 is 0 Å². The van der Waals surface area contributed by atoms with Crippen molar-refractivity contribution in [3.05, 3.63) is 48.3 Å². The van der Waals surface area contributed by atoms with Gasteiger partial charge in [0.2, 0.25) is 5.82 Å². The summed E-state index contributed by atoms with van der Waals surface area (Å²) in [7, 11) is 3.12. The number of ether oxygens (including phenoxy) is 2. The Labute approximate surface area is 132 Å². The number of carbonyl (C=O) groups is 1. The SMILES string of the molecule is COc1cccc(NC(=O)c2nnc3ccc(OC)cc3n2)c1. The number of amides is 1. The maximum absolute atomic E-state index is 12.3. The van der Waals surface area contributed by atoms with E-state index in [0.29, 0.717) is 28.2 Å². The molecule has 0 aliphatic heterocycles. The minimum atomic E-state index is -0.449. The molecule has 116 valence electrons. The summed E-state index contributed by atoms with van der Waals surface area (Å²) in [6.45, 7) is 0. The van der Waals surface area contributed by atoms with Crippen molar-refractivity contribution >= 4 is 22.6 Å². The summed E-state index contributed by atoms with van der Waals surface area (Å²) in [6.07, 6.45) is 0. The van der Waals surface area contributed by atoms with Gasteiger partial charge in [0.15, 0.2) is 0 Å². The number of nitrogens with zero attached hydrogens (tertiary/aromatic N) is 3. The number of hydrogen-bond acceptors (Lipinski definition) is 6. The summed E-state index contributed by atoms with van der Waals surface area (Å²) in [5, 5.41) is 10.6. The van der Waals surface area contributed by atoms with Gasteiger partial charge < -0.3 is 14.8 Å². The van der Waals surface area contributed by atoms with E-state index in [1.54, 1.807) is 56.7 Å². The van der Waals surface area contributed by atoms with E-state index in [-0.39, 0.29) is 5.82 Å². The van der Waals surface area contributed by atoms with Crippen molar-refractivity contribution in [3.8, 4) is 11.5 Å². The Kier molecular flexibility index (Phi) is 4.01. The van der Waals surface area contributed by atoms with Crippen molar-refractivity contribution in [2.45, 2.75) is 0 Å². The highest BCUT2D eigenvalue weighted by Crippen LogP contribution is 2.19. The molecule has 0 bridgehead atoms. The lowest BCUT2D eigenvalue weighted by Crippen LogP contribution is -2.16. The van der Waals surface area contributed by atoms with Gasteiger partial charge in [0.25, 0.3) is 5.91 Å². The third kappa shape index (κ3) is 3.18. The summed E-state index contributed by atoms with van der Waals surface area (Å²) in [6, 6.07) is 12.2. The summed E-state index contributed by atoms with van der Waals surface area (Å²) >= 11 is 0. The number of carbonyl (C=O) groups excluding carboxylic acids is 1. The number of fused-ring (bicyclic) bond motifs is 1. The molecule has 1 N–H and O–H groups in total. The normalized spacial score (nSPS) is 10.3. The predicted molar refractivity (Wildman–Crippen MR) is 84.8 cm³/mol. The minimum Gasteiger partial charge on any atom is -0.497 e. The lowest BCUT2D eigenvalue weighted by molar-refractivity contribution is 0.101. The van der Waals surface area contributed by atoms with Crippen LogP contribution in [0.5, 0.6) is 11.5 Å². The summed E-state index contributed by atoms with van der Waals surface area (Å²) in [4.78, 5) is 16.5. The molecular formula is C16H14N4O3. The van der Waals surface area contributed by atoms with Crippen LogP contribution in [0.4, 0.5) is 5.69 Å². The van der Waals surface area contributed by atoms with Crippen LogP contribution < -0.4 is 14.8 Å². The van der Waals surface area contributed by atoms with Crippen molar-refractivity contribution in [1.29, 1.82) is 0 Å². The van der Waals surface area contributed by atoms with Crippen molar-refractivity contribution in [2.24, 2.45) is 0 Å². The minimum absolute atomic E-state index is 0.0198. The number of hydrogen-bond donors (Lipinski definition) is 1. The van der Waals surface area contributed by atoms with Crippen molar-refractivity contribution in [2.75, 3.05) is 19.5 Å². The Balaban J connectivity index is 1.87. The molecule has 3 aromatic rings. The number of aromatic nitrogens is 3. The van der Waals surface area contributed by atoms with E-state index in [1.165, 1.54) is 0 Å². The molecule has 0 atom stereocenters. The Bertz CT molecular complexity index is 867. The quantitative estimate of drug-likeness (QED) is 0.795. The van der Waals surface area contributed by atoms with Gasteiger partial charge in [0, 0.05) is 17.8 Å². The van der Waals surface area contributed by atoms with Crippen LogP contribution in [0.25, 0.3) is 11.0 Å². The zero-order valence-corrected chi connectivity index (χ0v) is 12.6. The second-order valence-corrected chi connectivity index (χ2v) is 4.68. The van der Waals surface area contributed by atoms with Crippen LogP contribution in [0.2, 0.25) is 0 Å². The largest absolute Gasteiger partial charge is 0.497 e. The molecular weight excluding hydrogens is 296 g/mol. The molecule has 0 spiro atoms. The van der Waals surface area contributed by atoms with Crippen molar-refractivity contribution < 1.29 is 14.3 Å². The maximum atomic E-state index is 12.3. The third-order valence-corrected chi connectivity index (χ3v) is 3.19. The third-order valence-electron chi connectivity index (χ3n) is 3.19. The van der Waals surface area contributed by atoms with E-state index < -0.39 is 5.91 Å². The zero-order chi connectivity index (χ0) is 16.2. The van der Waals surface area contributed by atoms with Crippen LogP contribution in [-0.4, -0.2) is 35.3 Å². The topological polar surface area (TPSA) is 86.2 Å². The average molecular weight is 310 g/mol. The van der Waals surface area contributed by atoms with Crippen LogP contribution in [0.3, 0.4) is 0 Å². The number of nitrogens with one attached hydrogen (secondary N) is 1. The van der Waals surface area contributed by atoms with Crippen LogP contribution in [0, 0.1) is 0 Å². The van der Waals surface area contributed by atoms with Gasteiger partial charge in [-0.05, 0) is 24.3 Å². The second-order valence-electron chi connectivity index (χ2n) is 4.68. The smallest absolute Gasteiger partial charge is 0.295 e. The Hall–Kier alpha value is -3.22. The lowest BCUT2D eigenvalue weighted by Gasteiger charge is -2.06. The van der Waals surface area contributed by atoms with E-state index in [0.717, 1.165) is 0 Å². The van der Waals surface area contributed by atoms with Gasteiger partial charge in [0.1, 0.15) is 17.0 Å². The molecule has 7 nitrogen and oxygen atoms in total. The second kappa shape index (κ2) is 6.27. The molecule has 1 heterocycles. The molecule has 2 aromatic carbocycles. The molecule has 7 heteroatoms. The number of rotatable bonds is 4. The zero-order valence-electron chi connectivity index (χ0n) is 12.6. The molecule has 0 fully saturated rings. The first-order chi connectivity index (χ1) is 11.2. The molecule has 0 aliphatic rings. The number of anilines is 1. The fourth-order valence-electron chi connectivity index (χ4n) is 2.03. The van der Waals surface area contributed by atoms with Gasteiger partial charge in [-0.15, -0.1) is 10.2 Å². The Morgan fingerprint density at radius 3 is 2.52 bits per heavy atom. The van der Waals surface area contributed by atoms with Gasteiger partial charge in [-0.2, -0.15) is 0 Å². The molecule has 0 unspecified atom stereocenters. The summed E-state index contributed by atoms with van der Waals surface area (Å²) < 4.78 is 10.3. The predicted octanol–water partition coefficient (Wildman–Crippen LogP) is 2.29. The van der Waals surface area contributed by atoms with Crippen LogP contribution in [0.15, 0.2) is 42.5 Å². The van der Waals surface area contributed by atoms with E-state index >= 15 is 0 Å². The molecule has 23 heavy (non-hydrogen) atoms. The van der Waals surface area contributed by atoms with Gasteiger partial charge in [-0.3, -0.25) is 4.79 Å². The highest BCUT2D eigenvalue weighted by Gasteiger charge is 2.12. The Morgan fingerprint density at radius 1 is 0.957 bits per heavy atom. The van der Waals surface area contributed by atoms with Crippen LogP contribution in [0.1, 0.15) is 10.6 Å². The molecule has 0 saturated carbocycles. The van der Waals surface area contributed by atoms with Gasteiger partial charge in [-0.1, -0.05) is 6.07 Å². The number of methoxy groups -OCH3 is 2. The molecule has 1 amide bonds. The first kappa shape index (κ1) is 14.7. The molecule has 0 saturated heterocycles. The molecule has 1 aromatic heterocycles. The summed E-state index contributed by atoms with van der Waals surface area (Å²) in [5.41, 5.74) is 1.71. The molecule has 0 aliphatic carbocycles. The molecule has 0 radical (unpaired) electrons. The van der Waals surface area contributed by atoms with Crippen molar-refractivity contribution in [1.82, 2.24) is 15.2 Å². The van der Waals surface area contributed by atoms with E-state index in [9.17, 15) is 4.79 Å². The van der Waals surface area contributed by atoms with E-state index in [1.807, 2.05) is 0 Å². The highest BCUT2D eigenvalue weighted by atomic mass is 16.5. The fourth-order valence-corrected chi connectivity index (χ4v) is 2.03. The van der Waals surface area contributed by atoms with Gasteiger partial charge in [-0.25, -0.2) is 4.98 Å². The van der Waals surface area contributed by atoms with Crippen LogP contribution in [-0.2, 0) is 0 Å². The fraction of sp³-hybridized carbons (Fsp3) is 0.125. The standard InChI is InChI=1S/C16H14N4O3/c1-22-11-5-3-4-10(8-11)17-16(21)15-18-14-9-12(23-2)6-7-13(14)19-20-15/h3-9H,1-2H3,(H,17,21).